The van der Waals surface area contributed by atoms with Crippen LogP contribution in [-0.2, 0) is 11.2 Å². The highest BCUT2D eigenvalue weighted by atomic mass is 16.5. The van der Waals surface area contributed by atoms with Gasteiger partial charge in [-0.05, 0) is 50.5 Å². The highest BCUT2D eigenvalue weighted by Crippen LogP contribution is 2.35. The molecule has 1 atom stereocenters. The number of hydrogen-bond donors (Lipinski definition) is 1. The molecule has 1 N–H and O–H groups in total. The first-order valence-corrected chi connectivity index (χ1v) is 12.4. The molecule has 0 bridgehead atoms. The van der Waals surface area contributed by atoms with Crippen LogP contribution in [0.1, 0.15) is 38.7 Å². The molecule has 184 valence electrons. The SMILES string of the molecule is CCCCOc1ccnc(Nc2ccc(-c3nc4c(c(N5CCOC[C@@H]5C)n3)CCCO4)cc2)n1. The molecular formula is C26H32N6O3. The molecule has 9 nitrogen and oxygen atoms in total. The highest BCUT2D eigenvalue weighted by molar-refractivity contribution is 5.66. The fraction of sp³-hybridized carbons (Fsp3) is 0.462. The maximum absolute atomic E-state index is 5.95. The molecule has 0 amide bonds. The number of benzene rings is 1. The molecular weight excluding hydrogens is 444 g/mol. The summed E-state index contributed by atoms with van der Waals surface area (Å²) in [5.74, 6) is 3.39. The Morgan fingerprint density at radius 3 is 2.83 bits per heavy atom. The summed E-state index contributed by atoms with van der Waals surface area (Å²) in [7, 11) is 0. The summed E-state index contributed by atoms with van der Waals surface area (Å²) >= 11 is 0. The summed E-state index contributed by atoms with van der Waals surface area (Å²) < 4.78 is 17.3. The van der Waals surface area contributed by atoms with Gasteiger partial charge in [0.2, 0.25) is 17.7 Å². The number of unbranched alkanes of at least 4 members (excludes halogenated alkanes) is 1. The highest BCUT2D eigenvalue weighted by Gasteiger charge is 2.28. The predicted molar refractivity (Wildman–Crippen MR) is 135 cm³/mol. The van der Waals surface area contributed by atoms with E-state index in [1.807, 2.05) is 24.3 Å². The summed E-state index contributed by atoms with van der Waals surface area (Å²) in [6.45, 7) is 7.85. The molecule has 3 aromatic rings. The monoisotopic (exact) mass is 476 g/mol. The predicted octanol–water partition coefficient (Wildman–Crippen LogP) is 4.41. The van der Waals surface area contributed by atoms with Crippen molar-refractivity contribution in [1.29, 1.82) is 0 Å². The third kappa shape index (κ3) is 5.45. The number of morpholine rings is 1. The lowest BCUT2D eigenvalue weighted by molar-refractivity contribution is 0.0983. The molecule has 0 radical (unpaired) electrons. The molecule has 35 heavy (non-hydrogen) atoms. The quantitative estimate of drug-likeness (QED) is 0.475. The second-order valence-corrected chi connectivity index (χ2v) is 8.85. The number of ether oxygens (including phenoxy) is 3. The van der Waals surface area contributed by atoms with E-state index < -0.39 is 0 Å². The van der Waals surface area contributed by atoms with Crippen molar-refractivity contribution >= 4 is 17.5 Å². The average Bonchev–Trinajstić information content (AvgIpc) is 2.89. The van der Waals surface area contributed by atoms with E-state index in [0.29, 0.717) is 50.0 Å². The Morgan fingerprint density at radius 2 is 2.00 bits per heavy atom. The number of aromatic nitrogens is 4. The van der Waals surface area contributed by atoms with Gasteiger partial charge in [0.25, 0.3) is 0 Å². The van der Waals surface area contributed by atoms with Crippen LogP contribution < -0.4 is 19.7 Å². The molecule has 1 aromatic carbocycles. The fourth-order valence-electron chi connectivity index (χ4n) is 4.25. The maximum atomic E-state index is 5.95. The maximum Gasteiger partial charge on any atom is 0.230 e. The summed E-state index contributed by atoms with van der Waals surface area (Å²) in [5.41, 5.74) is 2.90. The molecule has 2 aliphatic rings. The Morgan fingerprint density at radius 1 is 1.11 bits per heavy atom. The van der Waals surface area contributed by atoms with Crippen LogP contribution in [0.2, 0.25) is 0 Å². The number of anilines is 3. The lowest BCUT2D eigenvalue weighted by Gasteiger charge is -2.36. The van der Waals surface area contributed by atoms with Gasteiger partial charge in [0.15, 0.2) is 5.82 Å². The summed E-state index contributed by atoms with van der Waals surface area (Å²) in [5, 5.41) is 3.24. The molecule has 4 heterocycles. The molecule has 0 spiro atoms. The van der Waals surface area contributed by atoms with Crippen LogP contribution in [0.5, 0.6) is 11.8 Å². The van der Waals surface area contributed by atoms with Crippen LogP contribution in [0, 0.1) is 0 Å². The van der Waals surface area contributed by atoms with Gasteiger partial charge >= 0.3 is 0 Å². The summed E-state index contributed by atoms with van der Waals surface area (Å²) in [6.07, 6.45) is 5.68. The standard InChI is InChI=1S/C26H32N6O3/c1-3-4-14-34-22-11-12-27-26(29-22)28-20-9-7-19(8-10-20)23-30-24(32-13-16-33-17-18(32)2)21-6-5-15-35-25(21)31-23/h7-12,18H,3-6,13-17H2,1-2H3,(H,27,28,29)/t18-/m0/s1. The van der Waals surface area contributed by atoms with Crippen molar-refractivity contribution in [2.45, 2.75) is 45.6 Å². The van der Waals surface area contributed by atoms with E-state index in [4.69, 9.17) is 24.2 Å². The number of rotatable bonds is 8. The average molecular weight is 477 g/mol. The van der Waals surface area contributed by atoms with Crippen LogP contribution in [0.15, 0.2) is 36.5 Å². The van der Waals surface area contributed by atoms with Crippen molar-refractivity contribution in [2.24, 2.45) is 0 Å². The molecule has 0 saturated carbocycles. The molecule has 0 aliphatic carbocycles. The van der Waals surface area contributed by atoms with Gasteiger partial charge in [-0.25, -0.2) is 9.97 Å². The van der Waals surface area contributed by atoms with Gasteiger partial charge in [-0.15, -0.1) is 0 Å². The molecule has 0 unspecified atom stereocenters. The van der Waals surface area contributed by atoms with Crippen LogP contribution in [0.3, 0.4) is 0 Å². The molecule has 5 rings (SSSR count). The van der Waals surface area contributed by atoms with Gasteiger partial charge in [-0.1, -0.05) is 13.3 Å². The zero-order valence-electron chi connectivity index (χ0n) is 20.4. The van der Waals surface area contributed by atoms with Crippen LogP contribution in [0.25, 0.3) is 11.4 Å². The van der Waals surface area contributed by atoms with Gasteiger partial charge in [-0.2, -0.15) is 9.97 Å². The topological polar surface area (TPSA) is 94.5 Å². The lowest BCUT2D eigenvalue weighted by atomic mass is 10.1. The van der Waals surface area contributed by atoms with Gasteiger partial charge in [0.1, 0.15) is 5.82 Å². The molecule has 1 fully saturated rings. The molecule has 2 aliphatic heterocycles. The van der Waals surface area contributed by atoms with Crippen LogP contribution >= 0.6 is 0 Å². The van der Waals surface area contributed by atoms with E-state index >= 15 is 0 Å². The van der Waals surface area contributed by atoms with Crippen molar-refractivity contribution in [3.05, 3.63) is 42.1 Å². The smallest absolute Gasteiger partial charge is 0.230 e. The fourth-order valence-corrected chi connectivity index (χ4v) is 4.25. The summed E-state index contributed by atoms with van der Waals surface area (Å²) in [6, 6.07) is 9.98. The second kappa shape index (κ2) is 10.9. The Bertz CT molecular complexity index is 1140. The largest absolute Gasteiger partial charge is 0.478 e. The van der Waals surface area contributed by atoms with E-state index in [0.717, 1.165) is 54.9 Å². The van der Waals surface area contributed by atoms with Crippen molar-refractivity contribution in [2.75, 3.05) is 43.2 Å². The number of nitrogens with one attached hydrogen (secondary N) is 1. The zero-order valence-corrected chi connectivity index (χ0v) is 20.4. The normalized spacial score (nSPS) is 17.4. The Hall–Kier alpha value is -3.46. The van der Waals surface area contributed by atoms with E-state index in [9.17, 15) is 0 Å². The van der Waals surface area contributed by atoms with Crippen molar-refractivity contribution in [1.82, 2.24) is 19.9 Å². The van der Waals surface area contributed by atoms with Gasteiger partial charge < -0.3 is 24.4 Å². The van der Waals surface area contributed by atoms with E-state index in [2.05, 4.69) is 34.0 Å². The van der Waals surface area contributed by atoms with Gasteiger partial charge in [0, 0.05) is 30.1 Å². The van der Waals surface area contributed by atoms with Gasteiger partial charge in [-0.3, -0.25) is 0 Å². The number of hydrogen-bond acceptors (Lipinski definition) is 9. The lowest BCUT2D eigenvalue weighted by Crippen LogP contribution is -2.45. The molecule has 2 aromatic heterocycles. The first-order chi connectivity index (χ1) is 17.2. The van der Waals surface area contributed by atoms with Crippen molar-refractivity contribution < 1.29 is 14.2 Å². The second-order valence-electron chi connectivity index (χ2n) is 8.85. The van der Waals surface area contributed by atoms with Gasteiger partial charge in [0.05, 0.1) is 38.0 Å². The minimum absolute atomic E-state index is 0.255. The first kappa shape index (κ1) is 23.3. The third-order valence-electron chi connectivity index (χ3n) is 6.17. The molecule has 1 saturated heterocycles. The Labute approximate surface area is 205 Å². The Kier molecular flexibility index (Phi) is 7.23. The zero-order chi connectivity index (χ0) is 24.0. The van der Waals surface area contributed by atoms with Crippen LogP contribution in [0.4, 0.5) is 17.5 Å². The van der Waals surface area contributed by atoms with E-state index in [1.165, 1.54) is 0 Å². The number of nitrogens with zero attached hydrogens (tertiary/aromatic N) is 5. The minimum atomic E-state index is 0.255. The minimum Gasteiger partial charge on any atom is -0.478 e. The van der Waals surface area contributed by atoms with E-state index in [1.54, 1.807) is 12.3 Å². The van der Waals surface area contributed by atoms with Crippen LogP contribution in [-0.4, -0.2) is 59.0 Å². The molecule has 9 heteroatoms. The first-order valence-electron chi connectivity index (χ1n) is 12.4. The summed E-state index contributed by atoms with van der Waals surface area (Å²) in [4.78, 5) is 20.8. The third-order valence-corrected chi connectivity index (χ3v) is 6.17. The number of fused-ring (bicyclic) bond motifs is 1. The van der Waals surface area contributed by atoms with Crippen molar-refractivity contribution in [3.63, 3.8) is 0 Å². The Balaban J connectivity index is 1.36. The van der Waals surface area contributed by atoms with E-state index in [-0.39, 0.29) is 6.04 Å². The van der Waals surface area contributed by atoms with Crippen molar-refractivity contribution in [3.8, 4) is 23.1 Å².